The first-order chi connectivity index (χ1) is 16.2. The molecule has 8 nitrogen and oxygen atoms in total. The van der Waals surface area contributed by atoms with E-state index in [-0.39, 0.29) is 15.4 Å². The molecule has 1 aliphatic heterocycles. The van der Waals surface area contributed by atoms with Crippen LogP contribution in [0.15, 0.2) is 82.6 Å². The average molecular weight is 500 g/mol. The maximum atomic E-state index is 13.0. The van der Waals surface area contributed by atoms with Gasteiger partial charge in [0.15, 0.2) is 0 Å². The van der Waals surface area contributed by atoms with E-state index in [1.54, 1.807) is 49.4 Å². The van der Waals surface area contributed by atoms with E-state index >= 15 is 0 Å². The Morgan fingerprint density at radius 1 is 0.824 bits per heavy atom. The van der Waals surface area contributed by atoms with Crippen LogP contribution in [0.4, 0.5) is 11.4 Å². The van der Waals surface area contributed by atoms with Crippen LogP contribution in [-0.2, 0) is 20.0 Å². The molecule has 2 N–H and O–H groups in total. The second-order valence-corrected chi connectivity index (χ2v) is 11.6. The van der Waals surface area contributed by atoms with E-state index in [4.69, 9.17) is 0 Å². The van der Waals surface area contributed by atoms with Gasteiger partial charge in [-0.05, 0) is 73.9 Å². The number of aryl methyl sites for hydroxylation is 1. The Kier molecular flexibility index (Phi) is 6.74. The highest BCUT2D eigenvalue weighted by molar-refractivity contribution is 7.92. The average Bonchev–Trinajstić information content (AvgIpc) is 3.36. The van der Waals surface area contributed by atoms with Crippen molar-refractivity contribution in [3.05, 3.63) is 83.9 Å². The fourth-order valence-electron chi connectivity index (χ4n) is 3.73. The van der Waals surface area contributed by atoms with E-state index < -0.39 is 26.0 Å². The van der Waals surface area contributed by atoms with Gasteiger partial charge in [-0.3, -0.25) is 9.52 Å². The Morgan fingerprint density at radius 2 is 1.47 bits per heavy atom. The summed E-state index contributed by atoms with van der Waals surface area (Å²) in [4.78, 5) is 13.0. The molecule has 0 aromatic heterocycles. The molecular formula is C24H25N3O5S2. The molecule has 0 saturated carbocycles. The maximum absolute atomic E-state index is 13.0. The Morgan fingerprint density at radius 3 is 2.12 bits per heavy atom. The summed E-state index contributed by atoms with van der Waals surface area (Å²) < 4.78 is 55.0. The molecule has 10 heteroatoms. The first-order valence-electron chi connectivity index (χ1n) is 10.8. The maximum Gasteiger partial charge on any atom is 0.261 e. The summed E-state index contributed by atoms with van der Waals surface area (Å²) >= 11 is 0. The van der Waals surface area contributed by atoms with Crippen molar-refractivity contribution >= 4 is 37.3 Å². The fraction of sp³-hybridized carbons (Fsp3) is 0.208. The van der Waals surface area contributed by atoms with Gasteiger partial charge in [0, 0.05) is 30.0 Å². The van der Waals surface area contributed by atoms with Gasteiger partial charge in [-0.1, -0.05) is 24.3 Å². The topological polar surface area (TPSA) is 113 Å². The molecule has 1 amide bonds. The minimum atomic E-state index is -3.78. The molecule has 3 aromatic rings. The summed E-state index contributed by atoms with van der Waals surface area (Å²) in [5.41, 5.74) is 1.60. The molecule has 4 rings (SSSR count). The third kappa shape index (κ3) is 5.14. The molecule has 178 valence electrons. The van der Waals surface area contributed by atoms with Gasteiger partial charge >= 0.3 is 0 Å². The third-order valence-corrected chi connectivity index (χ3v) is 9.02. The van der Waals surface area contributed by atoms with Gasteiger partial charge in [-0.25, -0.2) is 16.8 Å². The van der Waals surface area contributed by atoms with Crippen LogP contribution in [0.5, 0.6) is 0 Å². The Balaban J connectivity index is 1.50. The molecule has 1 aliphatic rings. The van der Waals surface area contributed by atoms with Crippen molar-refractivity contribution in [2.75, 3.05) is 23.1 Å². The van der Waals surface area contributed by atoms with Crippen LogP contribution in [0.2, 0.25) is 0 Å². The van der Waals surface area contributed by atoms with E-state index in [0.29, 0.717) is 30.0 Å². The van der Waals surface area contributed by atoms with E-state index in [0.717, 1.165) is 12.8 Å². The lowest BCUT2D eigenvalue weighted by Crippen LogP contribution is -2.28. The molecule has 0 atom stereocenters. The van der Waals surface area contributed by atoms with Crippen molar-refractivity contribution in [2.24, 2.45) is 0 Å². The van der Waals surface area contributed by atoms with Crippen molar-refractivity contribution in [3.63, 3.8) is 0 Å². The zero-order chi connectivity index (χ0) is 24.3. The van der Waals surface area contributed by atoms with Crippen LogP contribution in [0, 0.1) is 6.92 Å². The number of rotatable bonds is 7. The SMILES string of the molecule is Cc1ccc(C(=O)Nc2ccc(S(=O)(=O)Nc3ccccc3)cc2)cc1S(=O)(=O)N1CCCC1. The molecular weight excluding hydrogens is 474 g/mol. The zero-order valence-corrected chi connectivity index (χ0v) is 20.2. The van der Waals surface area contributed by atoms with Gasteiger partial charge < -0.3 is 5.32 Å². The predicted octanol–water partition coefficient (Wildman–Crippen LogP) is 3.83. The summed E-state index contributed by atoms with van der Waals surface area (Å²) in [5, 5.41) is 2.69. The minimum Gasteiger partial charge on any atom is -0.322 e. The smallest absolute Gasteiger partial charge is 0.261 e. The highest BCUT2D eigenvalue weighted by Crippen LogP contribution is 2.25. The lowest BCUT2D eigenvalue weighted by molar-refractivity contribution is 0.102. The number of nitrogens with zero attached hydrogens (tertiary/aromatic N) is 1. The number of benzene rings is 3. The second-order valence-electron chi connectivity index (χ2n) is 8.04. The molecule has 34 heavy (non-hydrogen) atoms. The van der Waals surface area contributed by atoms with Crippen molar-refractivity contribution in [1.82, 2.24) is 4.31 Å². The predicted molar refractivity (Wildman–Crippen MR) is 131 cm³/mol. The first-order valence-corrected chi connectivity index (χ1v) is 13.7. The van der Waals surface area contributed by atoms with Crippen LogP contribution >= 0.6 is 0 Å². The summed E-state index contributed by atoms with van der Waals surface area (Å²) in [5.74, 6) is -0.490. The number of hydrogen-bond donors (Lipinski definition) is 2. The summed E-state index contributed by atoms with van der Waals surface area (Å²) in [7, 11) is -7.45. The number of anilines is 2. The van der Waals surface area contributed by atoms with Gasteiger partial charge in [0.25, 0.3) is 15.9 Å². The number of carbonyl (C=O) groups is 1. The number of nitrogens with one attached hydrogen (secondary N) is 2. The Hall–Kier alpha value is -3.21. The molecule has 1 heterocycles. The normalized spacial score (nSPS) is 14.6. The van der Waals surface area contributed by atoms with Crippen LogP contribution in [-0.4, -0.2) is 40.1 Å². The Bertz CT molecular complexity index is 1400. The summed E-state index contributed by atoms with van der Waals surface area (Å²) in [6, 6.07) is 18.8. The van der Waals surface area contributed by atoms with Crippen LogP contribution in [0.1, 0.15) is 28.8 Å². The van der Waals surface area contributed by atoms with Gasteiger partial charge in [-0.15, -0.1) is 0 Å². The number of amides is 1. The van der Waals surface area contributed by atoms with E-state index in [1.165, 1.54) is 34.6 Å². The Labute approximate surface area is 199 Å². The number of para-hydroxylation sites is 1. The molecule has 0 bridgehead atoms. The molecule has 3 aromatic carbocycles. The molecule has 0 radical (unpaired) electrons. The van der Waals surface area contributed by atoms with Crippen molar-refractivity contribution in [2.45, 2.75) is 29.6 Å². The molecule has 0 aliphatic carbocycles. The highest BCUT2D eigenvalue weighted by atomic mass is 32.2. The van der Waals surface area contributed by atoms with Crippen molar-refractivity contribution in [3.8, 4) is 0 Å². The van der Waals surface area contributed by atoms with E-state index in [1.807, 2.05) is 0 Å². The molecule has 0 unspecified atom stereocenters. The van der Waals surface area contributed by atoms with Gasteiger partial charge in [0.05, 0.1) is 9.79 Å². The lowest BCUT2D eigenvalue weighted by atomic mass is 10.1. The molecule has 1 fully saturated rings. The molecule has 1 saturated heterocycles. The fourth-order valence-corrected chi connectivity index (χ4v) is 6.55. The van der Waals surface area contributed by atoms with Gasteiger partial charge in [0.1, 0.15) is 0 Å². The summed E-state index contributed by atoms with van der Waals surface area (Å²) in [6.45, 7) is 2.66. The van der Waals surface area contributed by atoms with Gasteiger partial charge in [-0.2, -0.15) is 4.31 Å². The largest absolute Gasteiger partial charge is 0.322 e. The number of sulfonamides is 2. The molecule has 0 spiro atoms. The summed E-state index contributed by atoms with van der Waals surface area (Å²) in [6.07, 6.45) is 1.65. The quantitative estimate of drug-likeness (QED) is 0.513. The van der Waals surface area contributed by atoms with Crippen LogP contribution in [0.25, 0.3) is 0 Å². The van der Waals surface area contributed by atoms with E-state index in [2.05, 4.69) is 10.0 Å². The lowest BCUT2D eigenvalue weighted by Gasteiger charge is -2.18. The number of hydrogen-bond acceptors (Lipinski definition) is 5. The monoisotopic (exact) mass is 499 g/mol. The van der Waals surface area contributed by atoms with Crippen molar-refractivity contribution < 1.29 is 21.6 Å². The van der Waals surface area contributed by atoms with Crippen molar-refractivity contribution in [1.29, 1.82) is 0 Å². The zero-order valence-electron chi connectivity index (χ0n) is 18.6. The standard InChI is InChI=1S/C24H25N3O5S2/c1-18-9-10-19(17-23(18)34(31,32)27-15-5-6-16-27)24(28)25-20-11-13-22(14-12-20)33(29,30)26-21-7-3-2-4-8-21/h2-4,7-14,17,26H,5-6,15-16H2,1H3,(H,25,28). The van der Waals surface area contributed by atoms with Crippen LogP contribution < -0.4 is 10.0 Å². The number of carbonyl (C=O) groups excluding carboxylic acids is 1. The van der Waals surface area contributed by atoms with Crippen LogP contribution in [0.3, 0.4) is 0 Å². The van der Waals surface area contributed by atoms with E-state index in [9.17, 15) is 21.6 Å². The minimum absolute atomic E-state index is 0.0451. The highest BCUT2D eigenvalue weighted by Gasteiger charge is 2.29. The third-order valence-electron chi connectivity index (χ3n) is 5.58. The second kappa shape index (κ2) is 9.57. The van der Waals surface area contributed by atoms with Gasteiger partial charge in [0.2, 0.25) is 10.0 Å². The first kappa shape index (κ1) is 23.9.